The summed E-state index contributed by atoms with van der Waals surface area (Å²) >= 11 is 0. The fourth-order valence-corrected chi connectivity index (χ4v) is 2.36. The average molecular weight is 341 g/mol. The molecule has 1 amide bonds. The van der Waals surface area contributed by atoms with E-state index >= 15 is 0 Å². The number of amides is 1. The summed E-state index contributed by atoms with van der Waals surface area (Å²) in [5.74, 6) is 0.406. The van der Waals surface area contributed by atoms with Crippen LogP contribution in [0, 0.1) is 5.82 Å². The first kappa shape index (κ1) is 16.8. The van der Waals surface area contributed by atoms with Crippen LogP contribution in [0.5, 0.6) is 0 Å². The van der Waals surface area contributed by atoms with Crippen molar-refractivity contribution in [1.29, 1.82) is 0 Å². The van der Waals surface area contributed by atoms with Gasteiger partial charge in [0.2, 0.25) is 5.89 Å². The monoisotopic (exact) mass is 341 g/mol. The van der Waals surface area contributed by atoms with Gasteiger partial charge in [0.25, 0.3) is 11.8 Å². The quantitative estimate of drug-likeness (QED) is 0.713. The van der Waals surface area contributed by atoms with Gasteiger partial charge in [0.15, 0.2) is 13.1 Å². The molecule has 0 saturated heterocycles. The van der Waals surface area contributed by atoms with E-state index < -0.39 is 0 Å². The molecule has 1 atom stereocenters. The van der Waals surface area contributed by atoms with Crippen LogP contribution in [0.2, 0.25) is 0 Å². The molecule has 1 heterocycles. The summed E-state index contributed by atoms with van der Waals surface area (Å²) in [4.78, 5) is 12.9. The van der Waals surface area contributed by atoms with Gasteiger partial charge >= 0.3 is 0 Å². The van der Waals surface area contributed by atoms with Crippen LogP contribution in [0.15, 0.2) is 59.0 Å². The predicted octanol–water partition coefficient (Wildman–Crippen LogP) is 1.53. The van der Waals surface area contributed by atoms with Gasteiger partial charge in [-0.2, -0.15) is 0 Å². The zero-order chi connectivity index (χ0) is 17.6. The van der Waals surface area contributed by atoms with E-state index in [9.17, 15) is 9.18 Å². The molecule has 6 nitrogen and oxygen atoms in total. The van der Waals surface area contributed by atoms with Crippen molar-refractivity contribution >= 4 is 11.6 Å². The maximum absolute atomic E-state index is 12.9. The molecule has 0 aliphatic heterocycles. The SMILES string of the molecule is C[NH+](CC(=O)Nc1ccc(F)cc1)Cc1nnc(-c2ccccc2)o1. The molecule has 3 rings (SSSR count). The molecule has 0 saturated carbocycles. The van der Waals surface area contributed by atoms with Gasteiger partial charge in [-0.05, 0) is 36.4 Å². The van der Waals surface area contributed by atoms with Crippen molar-refractivity contribution in [3.8, 4) is 11.5 Å². The number of halogens is 1. The highest BCUT2D eigenvalue weighted by atomic mass is 19.1. The Balaban J connectivity index is 1.54. The summed E-state index contributed by atoms with van der Waals surface area (Å²) in [7, 11) is 1.86. The molecule has 0 aliphatic rings. The fraction of sp³-hybridized carbons (Fsp3) is 0.167. The van der Waals surface area contributed by atoms with Crippen molar-refractivity contribution in [2.75, 3.05) is 18.9 Å². The number of likely N-dealkylation sites (N-methyl/N-ethyl adjacent to an activating group) is 1. The van der Waals surface area contributed by atoms with Crippen LogP contribution >= 0.6 is 0 Å². The number of benzene rings is 2. The van der Waals surface area contributed by atoms with Crippen LogP contribution in [-0.2, 0) is 11.3 Å². The normalized spacial score (nSPS) is 11.9. The summed E-state index contributed by atoms with van der Waals surface area (Å²) < 4.78 is 18.5. The van der Waals surface area contributed by atoms with Gasteiger partial charge in [-0.25, -0.2) is 4.39 Å². The van der Waals surface area contributed by atoms with Crippen molar-refractivity contribution in [3.05, 3.63) is 66.3 Å². The third kappa shape index (κ3) is 4.71. The zero-order valence-corrected chi connectivity index (χ0v) is 13.7. The molecule has 0 aliphatic carbocycles. The summed E-state index contributed by atoms with van der Waals surface area (Å²) in [5, 5.41) is 10.8. The Morgan fingerprint density at radius 2 is 1.84 bits per heavy atom. The summed E-state index contributed by atoms with van der Waals surface area (Å²) in [6.45, 7) is 0.650. The number of nitrogens with zero attached hydrogens (tertiary/aromatic N) is 2. The number of carbonyl (C=O) groups excluding carboxylic acids is 1. The van der Waals surface area contributed by atoms with E-state index in [1.54, 1.807) is 0 Å². The van der Waals surface area contributed by atoms with Crippen LogP contribution in [0.4, 0.5) is 10.1 Å². The van der Waals surface area contributed by atoms with Crippen molar-refractivity contribution in [3.63, 3.8) is 0 Å². The smallest absolute Gasteiger partial charge is 0.279 e. The van der Waals surface area contributed by atoms with Crippen LogP contribution < -0.4 is 10.2 Å². The fourth-order valence-electron chi connectivity index (χ4n) is 2.36. The highest BCUT2D eigenvalue weighted by molar-refractivity contribution is 5.91. The molecule has 0 bridgehead atoms. The third-order valence-electron chi connectivity index (χ3n) is 3.53. The van der Waals surface area contributed by atoms with Gasteiger partial charge in [-0.3, -0.25) is 4.79 Å². The predicted molar refractivity (Wildman–Crippen MR) is 90.2 cm³/mol. The number of hydrogen-bond donors (Lipinski definition) is 2. The molecule has 1 aromatic heterocycles. The number of nitrogens with one attached hydrogen (secondary N) is 2. The summed E-state index contributed by atoms with van der Waals surface area (Å²) in [5.41, 5.74) is 1.41. The minimum Gasteiger partial charge on any atom is -0.415 e. The van der Waals surface area contributed by atoms with Crippen LogP contribution in [-0.4, -0.2) is 29.7 Å². The Morgan fingerprint density at radius 3 is 2.56 bits per heavy atom. The van der Waals surface area contributed by atoms with Gasteiger partial charge in [-0.15, -0.1) is 10.2 Å². The second kappa shape index (κ2) is 7.67. The highest BCUT2D eigenvalue weighted by Gasteiger charge is 2.15. The average Bonchev–Trinajstić information content (AvgIpc) is 3.06. The van der Waals surface area contributed by atoms with Crippen molar-refractivity contribution in [1.82, 2.24) is 10.2 Å². The number of aromatic nitrogens is 2. The Kier molecular flexibility index (Phi) is 5.15. The van der Waals surface area contributed by atoms with Crippen molar-refractivity contribution in [2.45, 2.75) is 6.54 Å². The molecule has 128 valence electrons. The molecule has 2 aromatic carbocycles. The van der Waals surface area contributed by atoms with E-state index in [2.05, 4.69) is 15.5 Å². The van der Waals surface area contributed by atoms with E-state index in [0.717, 1.165) is 10.5 Å². The molecular weight excluding hydrogens is 323 g/mol. The first-order valence-corrected chi connectivity index (χ1v) is 7.84. The Bertz CT molecular complexity index is 834. The van der Waals surface area contributed by atoms with E-state index in [1.165, 1.54) is 24.3 Å². The number of hydrogen-bond acceptors (Lipinski definition) is 4. The Morgan fingerprint density at radius 1 is 1.12 bits per heavy atom. The zero-order valence-electron chi connectivity index (χ0n) is 13.7. The van der Waals surface area contributed by atoms with Crippen LogP contribution in [0.25, 0.3) is 11.5 Å². The van der Waals surface area contributed by atoms with Crippen LogP contribution in [0.3, 0.4) is 0 Å². The van der Waals surface area contributed by atoms with Gasteiger partial charge in [0.1, 0.15) is 5.82 Å². The number of quaternary nitrogens is 1. The largest absolute Gasteiger partial charge is 0.415 e. The van der Waals surface area contributed by atoms with Crippen molar-refractivity contribution < 1.29 is 18.5 Å². The molecule has 3 aromatic rings. The lowest BCUT2D eigenvalue weighted by molar-refractivity contribution is -0.886. The Labute approximate surface area is 144 Å². The third-order valence-corrected chi connectivity index (χ3v) is 3.53. The lowest BCUT2D eigenvalue weighted by atomic mass is 10.2. The van der Waals surface area contributed by atoms with Crippen molar-refractivity contribution in [2.24, 2.45) is 0 Å². The van der Waals surface area contributed by atoms with E-state index in [0.29, 0.717) is 24.0 Å². The molecule has 7 heteroatoms. The minimum atomic E-state index is -0.341. The molecule has 0 radical (unpaired) electrons. The van der Waals surface area contributed by atoms with Gasteiger partial charge in [0.05, 0.1) is 7.05 Å². The number of carbonyl (C=O) groups is 1. The molecule has 2 N–H and O–H groups in total. The Hall–Kier alpha value is -3.06. The second-order valence-corrected chi connectivity index (χ2v) is 5.73. The number of anilines is 1. The lowest BCUT2D eigenvalue weighted by Gasteiger charge is -2.11. The maximum atomic E-state index is 12.9. The second-order valence-electron chi connectivity index (χ2n) is 5.73. The van der Waals surface area contributed by atoms with E-state index in [-0.39, 0.29) is 18.3 Å². The molecule has 0 spiro atoms. The van der Waals surface area contributed by atoms with Gasteiger partial charge in [-0.1, -0.05) is 18.2 Å². The summed E-state index contributed by atoms with van der Waals surface area (Å²) in [6, 6.07) is 15.1. The molecular formula is C18H18FN4O2+. The van der Waals surface area contributed by atoms with Gasteiger partial charge in [0, 0.05) is 11.3 Å². The molecule has 1 unspecified atom stereocenters. The highest BCUT2D eigenvalue weighted by Crippen LogP contribution is 2.16. The first-order chi connectivity index (χ1) is 12.1. The lowest BCUT2D eigenvalue weighted by Crippen LogP contribution is -3.08. The minimum absolute atomic E-state index is 0.174. The van der Waals surface area contributed by atoms with Gasteiger partial charge < -0.3 is 14.6 Å². The van der Waals surface area contributed by atoms with Crippen LogP contribution in [0.1, 0.15) is 5.89 Å². The first-order valence-electron chi connectivity index (χ1n) is 7.84. The molecule has 25 heavy (non-hydrogen) atoms. The van der Waals surface area contributed by atoms with E-state index in [1.807, 2.05) is 37.4 Å². The summed E-state index contributed by atoms with van der Waals surface area (Å²) in [6.07, 6.45) is 0. The number of rotatable bonds is 6. The van der Waals surface area contributed by atoms with E-state index in [4.69, 9.17) is 4.42 Å². The maximum Gasteiger partial charge on any atom is 0.279 e. The standard InChI is InChI=1S/C18H17FN4O2/c1-23(11-16(24)20-15-9-7-14(19)8-10-15)12-17-21-22-18(25-17)13-5-3-2-4-6-13/h2-10H,11-12H2,1H3,(H,20,24)/p+1. The molecule has 0 fully saturated rings. The topological polar surface area (TPSA) is 72.5 Å².